The van der Waals surface area contributed by atoms with Crippen LogP contribution in [0.4, 0.5) is 5.69 Å². The number of aromatic nitrogens is 1. The summed E-state index contributed by atoms with van der Waals surface area (Å²) in [6.45, 7) is 2.13. The summed E-state index contributed by atoms with van der Waals surface area (Å²) in [7, 11) is 3.20. The van der Waals surface area contributed by atoms with Crippen molar-refractivity contribution in [2.45, 2.75) is 19.9 Å². The molecule has 33 heavy (non-hydrogen) atoms. The smallest absolute Gasteiger partial charge is 0.244 e. The number of fused-ring (bicyclic) bond motifs is 1. The molecule has 1 aromatic heterocycles. The number of hydrogen-bond acceptors (Lipinski definition) is 4. The third-order valence-corrected chi connectivity index (χ3v) is 5.64. The molecule has 0 atom stereocenters. The summed E-state index contributed by atoms with van der Waals surface area (Å²) < 4.78 is 12.2. The number of hydrogen-bond donors (Lipinski definition) is 1. The number of carbonyl (C=O) groups is 1. The summed E-state index contributed by atoms with van der Waals surface area (Å²) >= 11 is 0. The van der Waals surface area contributed by atoms with E-state index in [1.807, 2.05) is 47.0 Å². The minimum absolute atomic E-state index is 0.0652. The molecular formula is C27H26N2O4. The highest BCUT2D eigenvalue weighted by atomic mass is 16.5. The first-order chi connectivity index (χ1) is 16.0. The van der Waals surface area contributed by atoms with Crippen LogP contribution in [-0.4, -0.2) is 24.7 Å². The van der Waals surface area contributed by atoms with E-state index >= 15 is 0 Å². The van der Waals surface area contributed by atoms with E-state index in [9.17, 15) is 9.59 Å². The van der Waals surface area contributed by atoms with E-state index in [2.05, 4.69) is 12.2 Å². The van der Waals surface area contributed by atoms with Gasteiger partial charge in [-0.15, -0.1) is 0 Å². The van der Waals surface area contributed by atoms with Gasteiger partial charge in [0.05, 0.1) is 19.7 Å². The second-order valence-corrected chi connectivity index (χ2v) is 7.71. The predicted octanol–water partition coefficient (Wildman–Crippen LogP) is 4.89. The van der Waals surface area contributed by atoms with E-state index in [1.54, 1.807) is 44.7 Å². The number of amides is 1. The third kappa shape index (κ3) is 4.75. The van der Waals surface area contributed by atoms with E-state index < -0.39 is 0 Å². The van der Waals surface area contributed by atoms with Gasteiger partial charge in [0.15, 0.2) is 5.43 Å². The molecular weight excluding hydrogens is 416 g/mol. The van der Waals surface area contributed by atoms with Crippen molar-refractivity contribution in [2.75, 3.05) is 19.5 Å². The normalized spacial score (nSPS) is 10.8. The highest BCUT2D eigenvalue weighted by Gasteiger charge is 2.14. The number of aryl methyl sites for hydroxylation is 1. The number of pyridine rings is 1. The van der Waals surface area contributed by atoms with E-state index in [4.69, 9.17) is 9.47 Å². The lowest BCUT2D eigenvalue weighted by Gasteiger charge is -2.15. The number of anilines is 1. The molecule has 0 bridgehead atoms. The fourth-order valence-electron chi connectivity index (χ4n) is 3.79. The Morgan fingerprint density at radius 1 is 0.909 bits per heavy atom. The van der Waals surface area contributed by atoms with Gasteiger partial charge in [0.2, 0.25) is 5.91 Å². The maximum atomic E-state index is 13.3. The molecule has 0 unspecified atom stereocenters. The summed E-state index contributed by atoms with van der Waals surface area (Å²) in [5.41, 5.74) is 3.75. The van der Waals surface area contributed by atoms with Gasteiger partial charge in [-0.1, -0.05) is 25.1 Å². The summed E-state index contributed by atoms with van der Waals surface area (Å²) in [6, 6.07) is 20.3. The molecule has 168 valence electrons. The molecule has 4 rings (SSSR count). The molecule has 0 saturated heterocycles. The number of rotatable bonds is 7. The summed E-state index contributed by atoms with van der Waals surface area (Å²) in [6.07, 6.45) is 2.60. The van der Waals surface area contributed by atoms with Crippen molar-refractivity contribution in [3.8, 4) is 22.6 Å². The number of nitrogens with zero attached hydrogens (tertiary/aromatic N) is 1. The number of nitrogens with one attached hydrogen (secondary N) is 1. The zero-order valence-corrected chi connectivity index (χ0v) is 18.9. The molecule has 0 radical (unpaired) electrons. The molecule has 0 aliphatic carbocycles. The number of ether oxygens (including phenoxy) is 2. The second kappa shape index (κ2) is 9.61. The zero-order chi connectivity index (χ0) is 23.4. The summed E-state index contributed by atoms with van der Waals surface area (Å²) in [5, 5.41) is 3.50. The molecule has 0 aliphatic heterocycles. The van der Waals surface area contributed by atoms with Gasteiger partial charge in [0.1, 0.15) is 18.0 Å². The Hall–Kier alpha value is -4.06. The van der Waals surface area contributed by atoms with Crippen LogP contribution in [0.25, 0.3) is 22.0 Å². The van der Waals surface area contributed by atoms with Crippen molar-refractivity contribution in [2.24, 2.45) is 0 Å². The van der Waals surface area contributed by atoms with Gasteiger partial charge in [0, 0.05) is 22.8 Å². The minimum atomic E-state index is -0.187. The largest absolute Gasteiger partial charge is 0.497 e. The van der Waals surface area contributed by atoms with Crippen molar-refractivity contribution < 1.29 is 14.3 Å². The first-order valence-corrected chi connectivity index (χ1v) is 10.8. The van der Waals surface area contributed by atoms with Crippen LogP contribution >= 0.6 is 0 Å². The van der Waals surface area contributed by atoms with E-state index in [0.717, 1.165) is 28.8 Å². The van der Waals surface area contributed by atoms with Crippen LogP contribution in [0.1, 0.15) is 12.5 Å². The fraction of sp³-hybridized carbons (Fsp3) is 0.185. The highest BCUT2D eigenvalue weighted by molar-refractivity contribution is 5.92. The van der Waals surface area contributed by atoms with E-state index in [-0.39, 0.29) is 17.9 Å². The van der Waals surface area contributed by atoms with Crippen molar-refractivity contribution in [1.82, 2.24) is 4.57 Å². The van der Waals surface area contributed by atoms with Crippen molar-refractivity contribution in [1.29, 1.82) is 0 Å². The van der Waals surface area contributed by atoms with E-state index in [1.165, 1.54) is 0 Å². The van der Waals surface area contributed by atoms with Crippen LogP contribution in [0, 0.1) is 0 Å². The van der Waals surface area contributed by atoms with Crippen LogP contribution in [-0.2, 0) is 17.8 Å². The van der Waals surface area contributed by atoms with Gasteiger partial charge in [-0.05, 0) is 66.1 Å². The quantitative estimate of drug-likeness (QED) is 0.443. The molecule has 0 spiro atoms. The Morgan fingerprint density at radius 3 is 2.15 bits per heavy atom. The minimum Gasteiger partial charge on any atom is -0.497 e. The lowest BCUT2D eigenvalue weighted by Crippen LogP contribution is -2.21. The number of carbonyl (C=O) groups excluding carboxylic acids is 1. The Bertz CT molecular complexity index is 1340. The Morgan fingerprint density at radius 2 is 1.55 bits per heavy atom. The van der Waals surface area contributed by atoms with Crippen LogP contribution in [0.5, 0.6) is 11.5 Å². The number of benzene rings is 3. The first kappa shape index (κ1) is 22.1. The van der Waals surface area contributed by atoms with Crippen LogP contribution < -0.4 is 20.2 Å². The van der Waals surface area contributed by atoms with Crippen LogP contribution in [0.2, 0.25) is 0 Å². The van der Waals surface area contributed by atoms with Gasteiger partial charge in [-0.3, -0.25) is 9.59 Å². The lowest BCUT2D eigenvalue weighted by atomic mass is 10.0. The monoisotopic (exact) mass is 442 g/mol. The summed E-state index contributed by atoms with van der Waals surface area (Å²) in [5.74, 6) is 1.25. The zero-order valence-electron chi connectivity index (χ0n) is 18.9. The fourth-order valence-corrected chi connectivity index (χ4v) is 3.79. The highest BCUT2D eigenvalue weighted by Crippen LogP contribution is 2.24. The van der Waals surface area contributed by atoms with Gasteiger partial charge in [-0.2, -0.15) is 0 Å². The SMILES string of the molecule is CCc1ccc2c(=O)c(-c3ccc(OC)cc3)cn(CC(=O)Nc3ccc(OC)cc3)c2c1. The van der Waals surface area contributed by atoms with Crippen molar-refractivity contribution >= 4 is 22.5 Å². The van der Waals surface area contributed by atoms with Gasteiger partial charge < -0.3 is 19.4 Å². The molecule has 6 nitrogen and oxygen atoms in total. The third-order valence-electron chi connectivity index (χ3n) is 5.64. The second-order valence-electron chi connectivity index (χ2n) is 7.71. The Labute approximate surface area is 192 Å². The van der Waals surface area contributed by atoms with Crippen LogP contribution in [0.15, 0.2) is 77.7 Å². The van der Waals surface area contributed by atoms with Gasteiger partial charge >= 0.3 is 0 Å². The van der Waals surface area contributed by atoms with Crippen molar-refractivity contribution in [3.63, 3.8) is 0 Å². The Balaban J connectivity index is 1.74. The molecule has 0 aliphatic rings. The lowest BCUT2D eigenvalue weighted by molar-refractivity contribution is -0.116. The maximum Gasteiger partial charge on any atom is 0.244 e. The average Bonchev–Trinajstić information content (AvgIpc) is 2.86. The molecule has 4 aromatic rings. The molecule has 1 amide bonds. The molecule has 0 saturated carbocycles. The first-order valence-electron chi connectivity index (χ1n) is 10.8. The maximum absolute atomic E-state index is 13.3. The van der Waals surface area contributed by atoms with Crippen LogP contribution in [0.3, 0.4) is 0 Å². The topological polar surface area (TPSA) is 69.6 Å². The average molecular weight is 443 g/mol. The van der Waals surface area contributed by atoms with Gasteiger partial charge in [-0.25, -0.2) is 0 Å². The van der Waals surface area contributed by atoms with E-state index in [0.29, 0.717) is 22.4 Å². The molecule has 1 N–H and O–H groups in total. The Kier molecular flexibility index (Phi) is 6.45. The molecule has 1 heterocycles. The molecule has 0 fully saturated rings. The van der Waals surface area contributed by atoms with Crippen molar-refractivity contribution in [3.05, 3.63) is 88.7 Å². The van der Waals surface area contributed by atoms with Gasteiger partial charge in [0.25, 0.3) is 0 Å². The molecule has 6 heteroatoms. The predicted molar refractivity (Wildman–Crippen MR) is 131 cm³/mol. The number of methoxy groups -OCH3 is 2. The summed E-state index contributed by atoms with van der Waals surface area (Å²) in [4.78, 5) is 26.2. The standard InChI is InChI=1S/C27H26N2O4/c1-4-18-5-14-23-25(15-18)29(17-26(30)28-20-8-12-22(33-3)13-9-20)16-24(27(23)31)19-6-10-21(32-2)11-7-19/h5-16H,4,17H2,1-3H3,(H,28,30). The molecule has 3 aromatic carbocycles.